The molecule has 0 amide bonds. The average Bonchev–Trinajstić information content (AvgIpc) is 2.31. The number of hydrogen-bond acceptors (Lipinski definition) is 2. The molecule has 2 nitrogen and oxygen atoms in total. The van der Waals surface area contributed by atoms with Crippen molar-refractivity contribution < 1.29 is 0 Å². The Morgan fingerprint density at radius 2 is 1.88 bits per heavy atom. The number of nitrogens with one attached hydrogen (secondary N) is 1. The van der Waals surface area contributed by atoms with Crippen LogP contribution in [0.4, 0.5) is 0 Å². The molecule has 0 aliphatic carbocycles. The second-order valence-corrected chi connectivity index (χ2v) is 4.45. The molecule has 0 aliphatic heterocycles. The highest BCUT2D eigenvalue weighted by Crippen LogP contribution is 2.11. The lowest BCUT2D eigenvalue weighted by Crippen LogP contribution is -2.42. The van der Waals surface area contributed by atoms with Gasteiger partial charge in [-0.15, -0.1) is 6.42 Å². The van der Waals surface area contributed by atoms with E-state index in [-0.39, 0.29) is 0 Å². The zero-order valence-electron chi connectivity index (χ0n) is 11.4. The highest BCUT2D eigenvalue weighted by molar-refractivity contribution is 4.87. The minimum atomic E-state index is 0.568. The van der Waals surface area contributed by atoms with Crippen molar-refractivity contribution in [2.75, 3.05) is 26.2 Å². The molecule has 16 heavy (non-hydrogen) atoms. The molecule has 0 bridgehead atoms. The zero-order valence-corrected chi connectivity index (χ0v) is 11.4. The number of nitrogens with zero attached hydrogens (tertiary/aromatic N) is 1. The minimum Gasteiger partial charge on any atom is -0.305 e. The first-order chi connectivity index (χ1) is 7.69. The van der Waals surface area contributed by atoms with Gasteiger partial charge in [0, 0.05) is 19.1 Å². The molecule has 0 aliphatic rings. The third-order valence-corrected chi connectivity index (χ3v) is 3.34. The normalized spacial score (nSPS) is 13.1. The summed E-state index contributed by atoms with van der Waals surface area (Å²) in [6, 6.07) is 0.568. The van der Waals surface area contributed by atoms with Gasteiger partial charge in [0.25, 0.3) is 0 Å². The summed E-state index contributed by atoms with van der Waals surface area (Å²) in [6.07, 6.45) is 7.77. The fraction of sp³-hybridized carbons (Fsp3) is 0.857. The molecular formula is C14H28N2. The van der Waals surface area contributed by atoms with Crippen LogP contribution in [0.5, 0.6) is 0 Å². The lowest BCUT2D eigenvalue weighted by molar-refractivity contribution is 0.178. The Morgan fingerprint density at radius 1 is 1.25 bits per heavy atom. The average molecular weight is 224 g/mol. The summed E-state index contributed by atoms with van der Waals surface area (Å²) in [5, 5.41) is 3.28. The second-order valence-electron chi connectivity index (χ2n) is 4.45. The highest BCUT2D eigenvalue weighted by Gasteiger charge is 2.15. The van der Waals surface area contributed by atoms with Crippen molar-refractivity contribution in [3.05, 3.63) is 0 Å². The van der Waals surface area contributed by atoms with Crippen molar-refractivity contribution in [2.24, 2.45) is 5.92 Å². The van der Waals surface area contributed by atoms with Crippen LogP contribution in [0, 0.1) is 18.3 Å². The SMILES string of the molecule is C#CCNCC(C)N(CC)CC(CC)CC. The van der Waals surface area contributed by atoms with Crippen molar-refractivity contribution >= 4 is 0 Å². The summed E-state index contributed by atoms with van der Waals surface area (Å²) in [5.74, 6) is 3.44. The molecule has 0 saturated heterocycles. The molecule has 1 unspecified atom stereocenters. The Bertz CT molecular complexity index is 191. The molecule has 0 rings (SSSR count). The Kier molecular flexibility index (Phi) is 9.37. The van der Waals surface area contributed by atoms with E-state index in [1.54, 1.807) is 0 Å². The predicted molar refractivity (Wildman–Crippen MR) is 72.5 cm³/mol. The van der Waals surface area contributed by atoms with Gasteiger partial charge in [-0.05, 0) is 19.4 Å². The van der Waals surface area contributed by atoms with Crippen LogP contribution in [-0.4, -0.2) is 37.1 Å². The molecule has 0 aromatic carbocycles. The molecule has 1 N–H and O–H groups in total. The third-order valence-electron chi connectivity index (χ3n) is 3.34. The van der Waals surface area contributed by atoms with Crippen molar-refractivity contribution in [1.29, 1.82) is 0 Å². The van der Waals surface area contributed by atoms with Gasteiger partial charge in [-0.25, -0.2) is 0 Å². The monoisotopic (exact) mass is 224 g/mol. The van der Waals surface area contributed by atoms with Gasteiger partial charge in [-0.1, -0.05) is 39.5 Å². The molecule has 1 atom stereocenters. The van der Waals surface area contributed by atoms with Gasteiger partial charge in [0.1, 0.15) is 0 Å². The maximum Gasteiger partial charge on any atom is 0.0574 e. The predicted octanol–water partition coefficient (Wildman–Crippen LogP) is 2.36. The number of terminal acetylenes is 1. The summed E-state index contributed by atoms with van der Waals surface area (Å²) >= 11 is 0. The van der Waals surface area contributed by atoms with Gasteiger partial charge in [0.2, 0.25) is 0 Å². The van der Waals surface area contributed by atoms with Gasteiger partial charge in [-0.2, -0.15) is 0 Å². The molecule has 0 saturated carbocycles. The first kappa shape index (κ1) is 15.5. The van der Waals surface area contributed by atoms with E-state index in [1.165, 1.54) is 19.4 Å². The van der Waals surface area contributed by atoms with Gasteiger partial charge in [0.05, 0.1) is 6.54 Å². The van der Waals surface area contributed by atoms with Crippen LogP contribution in [0.25, 0.3) is 0 Å². The second kappa shape index (κ2) is 9.69. The van der Waals surface area contributed by atoms with Gasteiger partial charge in [-0.3, -0.25) is 4.90 Å². The van der Waals surface area contributed by atoms with Crippen molar-refractivity contribution in [2.45, 2.75) is 46.6 Å². The molecule has 2 heteroatoms. The lowest BCUT2D eigenvalue weighted by atomic mass is 10.0. The van der Waals surface area contributed by atoms with Crippen LogP contribution in [-0.2, 0) is 0 Å². The molecule has 0 aromatic rings. The highest BCUT2D eigenvalue weighted by atomic mass is 15.2. The number of hydrogen-bond donors (Lipinski definition) is 1. The standard InChI is InChI=1S/C14H28N2/c1-6-10-15-11-13(5)16(9-4)12-14(7-2)8-3/h1,13-15H,7-12H2,2-5H3. The number of likely N-dealkylation sites (N-methyl/N-ethyl adjacent to an activating group) is 1. The molecule has 0 radical (unpaired) electrons. The van der Waals surface area contributed by atoms with Crippen molar-refractivity contribution in [1.82, 2.24) is 10.2 Å². The van der Waals surface area contributed by atoms with Crippen LogP contribution >= 0.6 is 0 Å². The zero-order chi connectivity index (χ0) is 12.4. The van der Waals surface area contributed by atoms with E-state index >= 15 is 0 Å². The maximum absolute atomic E-state index is 5.22. The van der Waals surface area contributed by atoms with E-state index in [4.69, 9.17) is 6.42 Å². The Balaban J connectivity index is 4.00. The van der Waals surface area contributed by atoms with E-state index in [1.807, 2.05) is 0 Å². The first-order valence-corrected chi connectivity index (χ1v) is 6.57. The van der Waals surface area contributed by atoms with Crippen LogP contribution in [0.2, 0.25) is 0 Å². The Hall–Kier alpha value is -0.520. The summed E-state index contributed by atoms with van der Waals surface area (Å²) < 4.78 is 0. The maximum atomic E-state index is 5.22. The lowest BCUT2D eigenvalue weighted by Gasteiger charge is -2.31. The Morgan fingerprint density at radius 3 is 2.31 bits per heavy atom. The van der Waals surface area contributed by atoms with Crippen LogP contribution in [0.3, 0.4) is 0 Å². The van der Waals surface area contributed by atoms with Gasteiger partial charge in [0.15, 0.2) is 0 Å². The smallest absolute Gasteiger partial charge is 0.0574 e. The van der Waals surface area contributed by atoms with Gasteiger partial charge >= 0.3 is 0 Å². The third kappa shape index (κ3) is 6.15. The molecule has 0 heterocycles. The summed E-state index contributed by atoms with van der Waals surface area (Å²) in [6.45, 7) is 13.1. The molecule has 94 valence electrons. The molecule has 0 fully saturated rings. The summed E-state index contributed by atoms with van der Waals surface area (Å²) in [4.78, 5) is 2.54. The minimum absolute atomic E-state index is 0.568. The molecule has 0 spiro atoms. The van der Waals surface area contributed by atoms with E-state index in [2.05, 4.69) is 43.8 Å². The molecular weight excluding hydrogens is 196 g/mol. The van der Waals surface area contributed by atoms with Crippen LogP contribution in [0.1, 0.15) is 40.5 Å². The Labute approximate surface area is 102 Å². The van der Waals surface area contributed by atoms with E-state index in [0.717, 1.165) is 19.0 Å². The van der Waals surface area contributed by atoms with E-state index < -0.39 is 0 Å². The summed E-state index contributed by atoms with van der Waals surface area (Å²) in [5.41, 5.74) is 0. The fourth-order valence-corrected chi connectivity index (χ4v) is 1.98. The quantitative estimate of drug-likeness (QED) is 0.478. The topological polar surface area (TPSA) is 15.3 Å². The van der Waals surface area contributed by atoms with Crippen molar-refractivity contribution in [3.8, 4) is 12.3 Å². The first-order valence-electron chi connectivity index (χ1n) is 6.57. The fourth-order valence-electron chi connectivity index (χ4n) is 1.98. The molecule has 0 aromatic heterocycles. The van der Waals surface area contributed by atoms with Crippen LogP contribution in [0.15, 0.2) is 0 Å². The van der Waals surface area contributed by atoms with E-state index in [0.29, 0.717) is 12.6 Å². The van der Waals surface area contributed by atoms with E-state index in [9.17, 15) is 0 Å². The van der Waals surface area contributed by atoms with Crippen molar-refractivity contribution in [3.63, 3.8) is 0 Å². The van der Waals surface area contributed by atoms with Crippen LogP contribution < -0.4 is 5.32 Å². The largest absolute Gasteiger partial charge is 0.305 e. The summed E-state index contributed by atoms with van der Waals surface area (Å²) in [7, 11) is 0. The number of rotatable bonds is 9. The van der Waals surface area contributed by atoms with Gasteiger partial charge < -0.3 is 5.32 Å².